The third kappa shape index (κ3) is 18.4. The molecule has 0 aliphatic heterocycles. The molecule has 0 saturated heterocycles. The lowest BCUT2D eigenvalue weighted by Crippen LogP contribution is -2.42. The number of hydrogen-bond acceptors (Lipinski definition) is 16. The Morgan fingerprint density at radius 3 is 1.26 bits per heavy atom. The summed E-state index contributed by atoms with van der Waals surface area (Å²) in [6.45, 7) is 2.56. The molecule has 0 fully saturated rings. The lowest BCUT2D eigenvalue weighted by Gasteiger charge is -2.21. The Labute approximate surface area is 419 Å². The molecule has 4 amide bonds. The minimum absolute atomic E-state index is 0.00238. The first-order valence-corrected chi connectivity index (χ1v) is 23.0. The summed E-state index contributed by atoms with van der Waals surface area (Å²) < 4.78 is 28.4. The fourth-order valence-electron chi connectivity index (χ4n) is 7.62. The molecular weight excluding hydrogens is 958 g/mol. The van der Waals surface area contributed by atoms with Crippen LogP contribution in [0.1, 0.15) is 118 Å². The molecular formula is C47H54B4F2N4O16. The van der Waals surface area contributed by atoms with Crippen LogP contribution >= 0.6 is 0 Å². The van der Waals surface area contributed by atoms with Crippen LogP contribution in [0.4, 0.5) is 8.78 Å². The van der Waals surface area contributed by atoms with E-state index in [1.54, 1.807) is 0 Å². The van der Waals surface area contributed by atoms with Crippen LogP contribution in [-0.4, -0.2) is 141 Å². The maximum Gasteiger partial charge on any atom is 0.488 e. The van der Waals surface area contributed by atoms with Gasteiger partial charge in [-0.25, -0.2) is 8.78 Å². The van der Waals surface area contributed by atoms with Crippen LogP contribution in [0.15, 0.2) is 72.8 Å². The van der Waals surface area contributed by atoms with Crippen molar-refractivity contribution in [2.45, 2.75) is 71.3 Å². The SMILES string of the molecule is CC(=O)CCNC(=O)C(CCCCNC(=O)c1cc(B(O)O)cc(C(=O)c2cc(F)cc(B(O)O)c2)c1)CC(=O)C(CCCCNC(=O)c1cc(B(O)O)cc(C(=O)c2cc(F)cc(B(O)O)c2)c1)NC(C)=O. The molecule has 0 aliphatic carbocycles. The smallest absolute Gasteiger partial charge is 0.423 e. The van der Waals surface area contributed by atoms with E-state index in [1.807, 2.05) is 0 Å². The molecule has 73 heavy (non-hydrogen) atoms. The molecule has 0 radical (unpaired) electrons. The predicted molar refractivity (Wildman–Crippen MR) is 263 cm³/mol. The Bertz CT molecular complexity index is 2690. The van der Waals surface area contributed by atoms with Gasteiger partial charge in [0, 0.05) is 78.7 Å². The number of nitrogens with one attached hydrogen (secondary N) is 4. The lowest BCUT2D eigenvalue weighted by molar-refractivity contribution is -0.131. The van der Waals surface area contributed by atoms with Crippen molar-refractivity contribution in [1.29, 1.82) is 0 Å². The average molecular weight is 1010 g/mol. The van der Waals surface area contributed by atoms with Crippen molar-refractivity contribution in [2.24, 2.45) is 5.92 Å². The van der Waals surface area contributed by atoms with E-state index in [9.17, 15) is 87.3 Å². The lowest BCUT2D eigenvalue weighted by atomic mass is 9.77. The van der Waals surface area contributed by atoms with E-state index < -0.39 is 93.0 Å². The van der Waals surface area contributed by atoms with E-state index in [4.69, 9.17) is 0 Å². The van der Waals surface area contributed by atoms with Crippen molar-refractivity contribution >= 4 is 97.1 Å². The van der Waals surface area contributed by atoms with Gasteiger partial charge in [-0.2, -0.15) is 0 Å². The number of amides is 4. The van der Waals surface area contributed by atoms with Crippen LogP contribution < -0.4 is 43.1 Å². The molecule has 0 saturated carbocycles. The maximum absolute atomic E-state index is 14.2. The largest absolute Gasteiger partial charge is 0.488 e. The zero-order chi connectivity index (χ0) is 54.1. The van der Waals surface area contributed by atoms with E-state index in [-0.39, 0.29) is 132 Å². The van der Waals surface area contributed by atoms with Crippen LogP contribution in [0, 0.1) is 17.6 Å². The number of Topliss-reactive ketones (excluding diaryl/α,β-unsaturated/α-hetero) is 2. The minimum Gasteiger partial charge on any atom is -0.423 e. The van der Waals surface area contributed by atoms with E-state index in [2.05, 4.69) is 21.3 Å². The highest BCUT2D eigenvalue weighted by molar-refractivity contribution is 6.60. The molecule has 26 heteroatoms. The molecule has 4 rings (SSSR count). The summed E-state index contributed by atoms with van der Waals surface area (Å²) in [6, 6.07) is 10.9. The van der Waals surface area contributed by atoms with Gasteiger partial charge in [0.2, 0.25) is 11.8 Å². The first kappa shape index (κ1) is 58.8. The quantitative estimate of drug-likeness (QED) is 0.0152. The van der Waals surface area contributed by atoms with Gasteiger partial charge in [-0.1, -0.05) is 30.7 Å². The zero-order valence-electron chi connectivity index (χ0n) is 39.8. The van der Waals surface area contributed by atoms with Crippen LogP contribution in [0.25, 0.3) is 0 Å². The predicted octanol–water partition coefficient (Wildman–Crippen LogP) is -3.18. The number of benzene rings is 4. The van der Waals surface area contributed by atoms with Gasteiger partial charge in [-0.05, 0) is 109 Å². The zero-order valence-corrected chi connectivity index (χ0v) is 39.8. The third-order valence-corrected chi connectivity index (χ3v) is 11.3. The fraction of sp³-hybridized carbons (Fsp3) is 0.319. The molecule has 12 N–H and O–H groups in total. The number of halogens is 2. The normalized spacial score (nSPS) is 11.7. The summed E-state index contributed by atoms with van der Waals surface area (Å²) in [5.74, 6) is -7.81. The molecule has 4 aromatic carbocycles. The highest BCUT2D eigenvalue weighted by Crippen LogP contribution is 2.19. The molecule has 384 valence electrons. The summed E-state index contributed by atoms with van der Waals surface area (Å²) in [5.41, 5.74) is -2.57. The number of ketones is 4. The Kier molecular flexibility index (Phi) is 22.5. The van der Waals surface area contributed by atoms with Gasteiger partial charge in [-0.15, -0.1) is 0 Å². The second-order valence-corrected chi connectivity index (χ2v) is 17.3. The van der Waals surface area contributed by atoms with Gasteiger partial charge in [0.1, 0.15) is 17.4 Å². The van der Waals surface area contributed by atoms with E-state index >= 15 is 0 Å². The molecule has 0 spiro atoms. The van der Waals surface area contributed by atoms with E-state index in [0.717, 1.165) is 72.8 Å². The molecule has 20 nitrogen and oxygen atoms in total. The molecule has 0 heterocycles. The van der Waals surface area contributed by atoms with Crippen LogP contribution in [0.5, 0.6) is 0 Å². The number of carbonyl (C=O) groups is 8. The van der Waals surface area contributed by atoms with Gasteiger partial charge in [-0.3, -0.25) is 38.4 Å². The van der Waals surface area contributed by atoms with Gasteiger partial charge >= 0.3 is 28.5 Å². The summed E-state index contributed by atoms with van der Waals surface area (Å²) >= 11 is 0. The van der Waals surface area contributed by atoms with Crippen molar-refractivity contribution < 1.29 is 87.3 Å². The number of hydrogen-bond donors (Lipinski definition) is 12. The summed E-state index contributed by atoms with van der Waals surface area (Å²) in [7, 11) is -8.42. The summed E-state index contributed by atoms with van der Waals surface area (Å²) in [6.07, 6.45) is 0.948. The third-order valence-electron chi connectivity index (χ3n) is 11.3. The van der Waals surface area contributed by atoms with Gasteiger partial charge in [0.25, 0.3) is 11.8 Å². The maximum atomic E-state index is 14.2. The second-order valence-electron chi connectivity index (χ2n) is 17.3. The van der Waals surface area contributed by atoms with Crippen LogP contribution in [0.3, 0.4) is 0 Å². The molecule has 0 aromatic heterocycles. The summed E-state index contributed by atoms with van der Waals surface area (Å²) in [4.78, 5) is 104. The molecule has 0 aliphatic rings. The van der Waals surface area contributed by atoms with Gasteiger partial charge in [0.15, 0.2) is 17.3 Å². The number of carbonyl (C=O) groups excluding carboxylic acids is 8. The van der Waals surface area contributed by atoms with E-state index in [0.29, 0.717) is 0 Å². The van der Waals surface area contributed by atoms with E-state index in [1.165, 1.54) is 13.8 Å². The second kappa shape index (κ2) is 27.9. The minimum atomic E-state index is -2.12. The van der Waals surface area contributed by atoms with Gasteiger partial charge in [0.05, 0.1) is 6.04 Å². The Morgan fingerprint density at radius 1 is 0.479 bits per heavy atom. The van der Waals surface area contributed by atoms with Crippen molar-refractivity contribution in [3.05, 3.63) is 118 Å². The van der Waals surface area contributed by atoms with Crippen molar-refractivity contribution in [2.75, 3.05) is 19.6 Å². The highest BCUT2D eigenvalue weighted by Gasteiger charge is 2.28. The van der Waals surface area contributed by atoms with Gasteiger partial charge < -0.3 is 61.5 Å². The molecule has 0 bridgehead atoms. The Balaban J connectivity index is 1.37. The topological polar surface area (TPSA) is 347 Å². The number of unbranched alkanes of at least 4 members (excludes halogenated alkanes) is 2. The van der Waals surface area contributed by atoms with Crippen LogP contribution in [-0.2, 0) is 19.2 Å². The Morgan fingerprint density at radius 2 is 0.863 bits per heavy atom. The number of rotatable bonds is 28. The molecule has 4 aromatic rings. The summed E-state index contributed by atoms with van der Waals surface area (Å²) in [5, 5.41) is 87.9. The first-order chi connectivity index (χ1) is 34.4. The highest BCUT2D eigenvalue weighted by atomic mass is 19.1. The standard InChI is InChI=1S/C47H54B4F2N4O16/c1-26(58)9-12-56-45(63)28(7-3-5-10-54-46(64)33-13-29(15-35(19-33)48(66)67)43(61)31-17-37(50(70)71)24-39(52)21-31)23-42(60)41(57-27(2)59)8-4-6-11-55-47(65)34-14-30(16-36(20-34)49(68)69)44(62)32-18-38(51(72)73)25-40(53)22-32/h13-22,24-25,28,41,66-73H,3-12,23H2,1-2H3,(H,54,64)(H,55,65)(H,56,63)(H,57,59). The Hall–Kier alpha value is -6.76. The first-order valence-electron chi connectivity index (χ1n) is 23.0. The van der Waals surface area contributed by atoms with Crippen molar-refractivity contribution in [3.8, 4) is 0 Å². The molecule has 2 atom stereocenters. The fourth-order valence-corrected chi connectivity index (χ4v) is 7.62. The average Bonchev–Trinajstić information content (AvgIpc) is 3.33. The van der Waals surface area contributed by atoms with Crippen molar-refractivity contribution in [1.82, 2.24) is 21.3 Å². The van der Waals surface area contributed by atoms with Crippen LogP contribution in [0.2, 0.25) is 0 Å². The van der Waals surface area contributed by atoms with Crippen molar-refractivity contribution in [3.63, 3.8) is 0 Å². The molecule has 2 unspecified atom stereocenters. The monoisotopic (exact) mass is 1010 g/mol.